The van der Waals surface area contributed by atoms with Crippen molar-refractivity contribution in [3.05, 3.63) is 53.9 Å². The lowest BCUT2D eigenvalue weighted by Gasteiger charge is -2.09. The molecule has 0 atom stereocenters. The molecule has 7 nitrogen and oxygen atoms in total. The lowest BCUT2D eigenvalue weighted by Crippen LogP contribution is -2.24. The normalized spacial score (nSPS) is 11.0. The van der Waals surface area contributed by atoms with E-state index in [0.717, 1.165) is 17.5 Å². The summed E-state index contributed by atoms with van der Waals surface area (Å²) in [6, 6.07) is 8.82. The molecule has 0 aliphatic rings. The molecule has 2 aromatic heterocycles. The zero-order valence-electron chi connectivity index (χ0n) is 15.7. The van der Waals surface area contributed by atoms with Crippen molar-refractivity contribution in [3.63, 3.8) is 0 Å². The molecule has 0 aliphatic heterocycles. The van der Waals surface area contributed by atoms with Gasteiger partial charge in [0.05, 0.1) is 11.8 Å². The van der Waals surface area contributed by atoms with Crippen LogP contribution in [0.25, 0.3) is 11.0 Å². The van der Waals surface area contributed by atoms with Gasteiger partial charge in [0.1, 0.15) is 0 Å². The molecule has 3 rings (SSSR count). The number of nitrogens with zero attached hydrogens (tertiary/aromatic N) is 3. The molecule has 0 aliphatic carbocycles. The minimum absolute atomic E-state index is 0.155. The third kappa shape index (κ3) is 4.13. The second-order valence-electron chi connectivity index (χ2n) is 6.61. The number of pyridine rings is 1. The number of hydrogen-bond acceptors (Lipinski definition) is 4. The fourth-order valence-corrected chi connectivity index (χ4v) is 2.72. The Bertz CT molecular complexity index is 977. The first-order valence-corrected chi connectivity index (χ1v) is 9.02. The summed E-state index contributed by atoms with van der Waals surface area (Å²) in [6.45, 7) is 6.66. The Kier molecular flexibility index (Phi) is 5.49. The standard InChI is InChI=1S/C20H23N5O2/c1-4-8-21-19(26)14-6-5-7-17(10-14)24-20(27)16-9-15-12-23-25(13(2)3)18(15)22-11-16/h5-7,9-13H,4,8H2,1-3H3,(H,21,26)(H,24,27). The molecule has 0 radical (unpaired) electrons. The summed E-state index contributed by atoms with van der Waals surface area (Å²) in [4.78, 5) is 29.0. The van der Waals surface area contributed by atoms with Crippen LogP contribution in [0.2, 0.25) is 0 Å². The average molecular weight is 365 g/mol. The monoisotopic (exact) mass is 365 g/mol. The van der Waals surface area contributed by atoms with E-state index in [9.17, 15) is 9.59 Å². The quantitative estimate of drug-likeness (QED) is 0.701. The van der Waals surface area contributed by atoms with Crippen molar-refractivity contribution >= 4 is 28.5 Å². The van der Waals surface area contributed by atoms with Gasteiger partial charge < -0.3 is 10.6 Å². The summed E-state index contributed by atoms with van der Waals surface area (Å²) >= 11 is 0. The molecule has 2 heterocycles. The van der Waals surface area contributed by atoms with Crippen molar-refractivity contribution in [1.82, 2.24) is 20.1 Å². The molecule has 1 aromatic carbocycles. The minimum Gasteiger partial charge on any atom is -0.352 e. The number of anilines is 1. The smallest absolute Gasteiger partial charge is 0.257 e. The molecule has 3 aromatic rings. The van der Waals surface area contributed by atoms with Crippen LogP contribution in [0, 0.1) is 0 Å². The fourth-order valence-electron chi connectivity index (χ4n) is 2.72. The second kappa shape index (κ2) is 7.99. The van der Waals surface area contributed by atoms with Crippen molar-refractivity contribution in [2.75, 3.05) is 11.9 Å². The van der Waals surface area contributed by atoms with Crippen molar-refractivity contribution < 1.29 is 9.59 Å². The molecule has 7 heteroatoms. The number of benzene rings is 1. The number of carbonyl (C=O) groups is 2. The van der Waals surface area contributed by atoms with Gasteiger partial charge in [-0.1, -0.05) is 13.0 Å². The van der Waals surface area contributed by atoms with Crippen LogP contribution in [0.4, 0.5) is 5.69 Å². The van der Waals surface area contributed by atoms with Gasteiger partial charge in [0, 0.05) is 35.4 Å². The molecule has 0 fully saturated rings. The first-order valence-electron chi connectivity index (χ1n) is 9.02. The number of nitrogens with one attached hydrogen (secondary N) is 2. The highest BCUT2D eigenvalue weighted by molar-refractivity contribution is 6.06. The summed E-state index contributed by atoms with van der Waals surface area (Å²) in [6.07, 6.45) is 4.11. The van der Waals surface area contributed by atoms with Gasteiger partial charge in [-0.05, 0) is 44.5 Å². The SMILES string of the molecule is CCCNC(=O)c1cccc(NC(=O)c2cnc3c(cnn3C(C)C)c2)c1. The van der Waals surface area contributed by atoms with E-state index in [4.69, 9.17) is 0 Å². The summed E-state index contributed by atoms with van der Waals surface area (Å²) in [5.41, 5.74) is 2.25. The average Bonchev–Trinajstić information content (AvgIpc) is 3.09. The third-order valence-electron chi connectivity index (χ3n) is 4.10. The molecule has 2 amide bonds. The molecule has 140 valence electrons. The van der Waals surface area contributed by atoms with Crippen LogP contribution in [-0.2, 0) is 0 Å². The minimum atomic E-state index is -0.284. The van der Waals surface area contributed by atoms with Crippen LogP contribution < -0.4 is 10.6 Å². The van der Waals surface area contributed by atoms with Gasteiger partial charge in [0.15, 0.2) is 5.65 Å². The van der Waals surface area contributed by atoms with Gasteiger partial charge in [-0.3, -0.25) is 9.59 Å². The van der Waals surface area contributed by atoms with Crippen LogP contribution in [-0.4, -0.2) is 33.1 Å². The summed E-state index contributed by atoms with van der Waals surface area (Å²) in [5, 5.41) is 10.8. The maximum Gasteiger partial charge on any atom is 0.257 e. The Balaban J connectivity index is 1.77. The molecule has 0 saturated heterocycles. The fraction of sp³-hybridized carbons (Fsp3) is 0.300. The molecule has 0 spiro atoms. The first-order chi connectivity index (χ1) is 13.0. The van der Waals surface area contributed by atoms with E-state index >= 15 is 0 Å². The van der Waals surface area contributed by atoms with Crippen LogP contribution in [0.15, 0.2) is 42.7 Å². The van der Waals surface area contributed by atoms with Gasteiger partial charge in [-0.25, -0.2) is 9.67 Å². The van der Waals surface area contributed by atoms with Gasteiger partial charge >= 0.3 is 0 Å². The molecule has 0 bridgehead atoms. The van der Waals surface area contributed by atoms with E-state index in [1.807, 2.05) is 25.5 Å². The van der Waals surface area contributed by atoms with Gasteiger partial charge in [0.25, 0.3) is 11.8 Å². The van der Waals surface area contributed by atoms with E-state index in [0.29, 0.717) is 23.4 Å². The Morgan fingerprint density at radius 2 is 1.93 bits per heavy atom. The van der Waals surface area contributed by atoms with Crippen molar-refractivity contribution in [2.45, 2.75) is 33.2 Å². The van der Waals surface area contributed by atoms with Crippen molar-refractivity contribution in [1.29, 1.82) is 0 Å². The number of amides is 2. The first kappa shape index (κ1) is 18.6. The van der Waals surface area contributed by atoms with Gasteiger partial charge in [-0.2, -0.15) is 5.10 Å². The van der Waals surface area contributed by atoms with E-state index in [1.54, 1.807) is 36.5 Å². The number of carbonyl (C=O) groups excluding carboxylic acids is 2. The maximum atomic E-state index is 12.6. The Hall–Kier alpha value is -3.22. The number of aromatic nitrogens is 3. The highest BCUT2D eigenvalue weighted by Gasteiger charge is 2.13. The zero-order chi connectivity index (χ0) is 19.4. The number of hydrogen-bond donors (Lipinski definition) is 2. The Labute approximate surface area is 157 Å². The zero-order valence-corrected chi connectivity index (χ0v) is 15.7. The predicted molar refractivity (Wildman–Crippen MR) is 105 cm³/mol. The van der Waals surface area contributed by atoms with Crippen molar-refractivity contribution in [3.8, 4) is 0 Å². The van der Waals surface area contributed by atoms with Crippen LogP contribution in [0.3, 0.4) is 0 Å². The Morgan fingerprint density at radius 3 is 2.67 bits per heavy atom. The second-order valence-corrected chi connectivity index (χ2v) is 6.61. The number of fused-ring (bicyclic) bond motifs is 1. The summed E-state index contributed by atoms with van der Waals surface area (Å²) < 4.78 is 1.81. The predicted octanol–water partition coefficient (Wildman–Crippen LogP) is 3.40. The third-order valence-corrected chi connectivity index (χ3v) is 4.10. The van der Waals surface area contributed by atoms with E-state index in [-0.39, 0.29) is 17.9 Å². The highest BCUT2D eigenvalue weighted by Crippen LogP contribution is 2.18. The summed E-state index contributed by atoms with van der Waals surface area (Å²) in [7, 11) is 0. The largest absolute Gasteiger partial charge is 0.352 e. The van der Waals surface area contributed by atoms with E-state index in [2.05, 4.69) is 20.7 Å². The van der Waals surface area contributed by atoms with Crippen LogP contribution in [0.1, 0.15) is 53.9 Å². The maximum absolute atomic E-state index is 12.6. The summed E-state index contributed by atoms with van der Waals surface area (Å²) in [5.74, 6) is -0.440. The molecule has 0 unspecified atom stereocenters. The molecule has 2 N–H and O–H groups in total. The van der Waals surface area contributed by atoms with E-state index < -0.39 is 0 Å². The molecule has 0 saturated carbocycles. The van der Waals surface area contributed by atoms with Crippen LogP contribution >= 0.6 is 0 Å². The van der Waals surface area contributed by atoms with Gasteiger partial charge in [-0.15, -0.1) is 0 Å². The topological polar surface area (TPSA) is 88.9 Å². The lowest BCUT2D eigenvalue weighted by molar-refractivity contribution is 0.0952. The number of rotatable bonds is 6. The molecular weight excluding hydrogens is 342 g/mol. The Morgan fingerprint density at radius 1 is 1.11 bits per heavy atom. The van der Waals surface area contributed by atoms with Gasteiger partial charge in [0.2, 0.25) is 0 Å². The van der Waals surface area contributed by atoms with Crippen LogP contribution in [0.5, 0.6) is 0 Å². The molecule has 27 heavy (non-hydrogen) atoms. The molecular formula is C20H23N5O2. The van der Waals surface area contributed by atoms with Crippen molar-refractivity contribution in [2.24, 2.45) is 0 Å². The van der Waals surface area contributed by atoms with E-state index in [1.165, 1.54) is 6.20 Å². The lowest BCUT2D eigenvalue weighted by atomic mass is 10.1. The highest BCUT2D eigenvalue weighted by atomic mass is 16.2.